The van der Waals surface area contributed by atoms with Crippen LogP contribution < -0.4 is 10.1 Å². The molecule has 0 atom stereocenters. The quantitative estimate of drug-likeness (QED) is 0.876. The zero-order valence-corrected chi connectivity index (χ0v) is 13.1. The van der Waals surface area contributed by atoms with Crippen LogP contribution in [0.4, 0.5) is 5.69 Å². The molecule has 0 spiro atoms. The summed E-state index contributed by atoms with van der Waals surface area (Å²) in [5, 5.41) is 17.2. The number of rotatable bonds is 5. The van der Waals surface area contributed by atoms with E-state index in [-0.39, 0.29) is 11.9 Å². The summed E-state index contributed by atoms with van der Waals surface area (Å²) in [6, 6.07) is 5.48. The van der Waals surface area contributed by atoms with E-state index in [4.69, 9.17) is 9.26 Å². The molecule has 2 N–H and O–H groups in total. The number of hydrogen-bond donors (Lipinski definition) is 2. The molecule has 1 aromatic heterocycles. The van der Waals surface area contributed by atoms with Gasteiger partial charge in [-0.25, -0.2) is 0 Å². The molecule has 1 aliphatic carbocycles. The first kappa shape index (κ1) is 14.8. The lowest BCUT2D eigenvalue weighted by Gasteiger charge is -2.15. The summed E-state index contributed by atoms with van der Waals surface area (Å²) in [7, 11) is 0. The first-order valence-corrected chi connectivity index (χ1v) is 7.79. The molecule has 0 radical (unpaired) electrons. The summed E-state index contributed by atoms with van der Waals surface area (Å²) in [5.41, 5.74) is 2.82. The van der Waals surface area contributed by atoms with Gasteiger partial charge in [-0.05, 0) is 57.2 Å². The van der Waals surface area contributed by atoms with Crippen molar-refractivity contribution in [3.63, 3.8) is 0 Å². The summed E-state index contributed by atoms with van der Waals surface area (Å²) in [5.74, 6) is 1.55. The monoisotopic (exact) mass is 302 g/mol. The van der Waals surface area contributed by atoms with E-state index < -0.39 is 0 Å². The molecule has 5 heteroatoms. The Morgan fingerprint density at radius 3 is 2.77 bits per heavy atom. The van der Waals surface area contributed by atoms with Gasteiger partial charge in [-0.2, -0.15) is 0 Å². The molecule has 0 aliphatic heterocycles. The molecule has 118 valence electrons. The Labute approximate surface area is 130 Å². The van der Waals surface area contributed by atoms with Gasteiger partial charge in [-0.1, -0.05) is 11.2 Å². The number of nitrogens with one attached hydrogen (secondary N) is 1. The number of anilines is 1. The van der Waals surface area contributed by atoms with Gasteiger partial charge in [0.05, 0.1) is 6.10 Å². The number of ether oxygens (including phenoxy) is 1. The van der Waals surface area contributed by atoms with Crippen molar-refractivity contribution in [1.29, 1.82) is 0 Å². The van der Waals surface area contributed by atoms with Crippen molar-refractivity contribution in [1.82, 2.24) is 5.16 Å². The third-order valence-electron chi connectivity index (χ3n) is 4.12. The molecule has 1 saturated carbocycles. The number of aryl methyl sites for hydroxylation is 2. The number of aromatic hydroxyl groups is 1. The Morgan fingerprint density at radius 2 is 2.09 bits per heavy atom. The number of benzene rings is 1. The molecule has 3 rings (SSSR count). The largest absolute Gasteiger partial charge is 0.504 e. The van der Waals surface area contributed by atoms with E-state index in [2.05, 4.69) is 10.5 Å². The molecule has 0 saturated heterocycles. The third kappa shape index (κ3) is 3.18. The zero-order valence-electron chi connectivity index (χ0n) is 13.1. The molecule has 1 aromatic carbocycles. The standard InChI is InChI=1S/C17H22N2O3/c1-11-17(12(2)22-19-11)18-10-13-7-8-15(20)16(9-13)21-14-5-3-4-6-14/h7-9,14,18,20H,3-6,10H2,1-2H3. The summed E-state index contributed by atoms with van der Waals surface area (Å²) in [6.45, 7) is 4.42. The van der Waals surface area contributed by atoms with Crippen LogP contribution in [0, 0.1) is 13.8 Å². The molecule has 0 unspecified atom stereocenters. The Bertz CT molecular complexity index is 626. The maximum atomic E-state index is 9.97. The van der Waals surface area contributed by atoms with Crippen LogP contribution in [0.3, 0.4) is 0 Å². The maximum Gasteiger partial charge on any atom is 0.161 e. The fraction of sp³-hybridized carbons (Fsp3) is 0.471. The number of nitrogens with zero attached hydrogens (tertiary/aromatic N) is 1. The van der Waals surface area contributed by atoms with Gasteiger partial charge in [-0.3, -0.25) is 0 Å². The van der Waals surface area contributed by atoms with Crippen LogP contribution in [0.1, 0.15) is 42.7 Å². The van der Waals surface area contributed by atoms with Crippen molar-refractivity contribution >= 4 is 5.69 Å². The molecule has 1 heterocycles. The van der Waals surface area contributed by atoms with Crippen LogP contribution in [0.15, 0.2) is 22.7 Å². The normalized spacial score (nSPS) is 15.2. The molecule has 0 bridgehead atoms. The van der Waals surface area contributed by atoms with Crippen LogP contribution >= 0.6 is 0 Å². The number of hydrogen-bond acceptors (Lipinski definition) is 5. The Balaban J connectivity index is 1.68. The Morgan fingerprint density at radius 1 is 1.32 bits per heavy atom. The highest BCUT2D eigenvalue weighted by Gasteiger charge is 2.18. The maximum absolute atomic E-state index is 9.97. The third-order valence-corrected chi connectivity index (χ3v) is 4.12. The van der Waals surface area contributed by atoms with Crippen LogP contribution in [-0.2, 0) is 6.54 Å². The van der Waals surface area contributed by atoms with E-state index in [1.165, 1.54) is 12.8 Å². The average molecular weight is 302 g/mol. The Hall–Kier alpha value is -2.17. The highest BCUT2D eigenvalue weighted by molar-refractivity contribution is 5.51. The number of phenolic OH excluding ortho intramolecular Hbond substituents is 1. The first-order chi connectivity index (χ1) is 10.6. The van der Waals surface area contributed by atoms with Gasteiger partial charge in [0.1, 0.15) is 11.4 Å². The average Bonchev–Trinajstić information content (AvgIpc) is 3.11. The van der Waals surface area contributed by atoms with E-state index in [0.29, 0.717) is 12.3 Å². The van der Waals surface area contributed by atoms with Gasteiger partial charge < -0.3 is 19.7 Å². The molecule has 22 heavy (non-hydrogen) atoms. The lowest BCUT2D eigenvalue weighted by atomic mass is 10.2. The second-order valence-electron chi connectivity index (χ2n) is 5.88. The minimum Gasteiger partial charge on any atom is -0.504 e. The molecule has 5 nitrogen and oxygen atoms in total. The van der Waals surface area contributed by atoms with Crippen molar-refractivity contribution in [3.8, 4) is 11.5 Å². The lowest BCUT2D eigenvalue weighted by Crippen LogP contribution is -2.11. The summed E-state index contributed by atoms with van der Waals surface area (Å²) >= 11 is 0. The van der Waals surface area contributed by atoms with Crippen LogP contribution in [0.5, 0.6) is 11.5 Å². The molecule has 2 aromatic rings. The van der Waals surface area contributed by atoms with Crippen LogP contribution in [0.25, 0.3) is 0 Å². The van der Waals surface area contributed by atoms with E-state index >= 15 is 0 Å². The van der Waals surface area contributed by atoms with E-state index in [1.807, 2.05) is 26.0 Å². The van der Waals surface area contributed by atoms with Crippen LogP contribution in [0.2, 0.25) is 0 Å². The first-order valence-electron chi connectivity index (χ1n) is 7.79. The van der Waals surface area contributed by atoms with Gasteiger partial charge in [0, 0.05) is 6.54 Å². The lowest BCUT2D eigenvalue weighted by molar-refractivity contribution is 0.201. The number of phenols is 1. The summed E-state index contributed by atoms with van der Waals surface area (Å²) in [4.78, 5) is 0. The molecular formula is C17H22N2O3. The van der Waals surface area contributed by atoms with Crippen molar-refractivity contribution in [2.24, 2.45) is 0 Å². The highest BCUT2D eigenvalue weighted by Crippen LogP contribution is 2.32. The minimum atomic E-state index is 0.202. The van der Waals surface area contributed by atoms with Crippen molar-refractivity contribution < 1.29 is 14.4 Å². The molecule has 0 amide bonds. The second kappa shape index (κ2) is 6.30. The van der Waals surface area contributed by atoms with Gasteiger partial charge in [0.2, 0.25) is 0 Å². The SMILES string of the molecule is Cc1noc(C)c1NCc1ccc(O)c(OC2CCCC2)c1. The van der Waals surface area contributed by atoms with Crippen molar-refractivity contribution in [2.75, 3.05) is 5.32 Å². The van der Waals surface area contributed by atoms with E-state index in [0.717, 1.165) is 35.5 Å². The van der Waals surface area contributed by atoms with E-state index in [1.54, 1.807) is 6.07 Å². The minimum absolute atomic E-state index is 0.202. The smallest absolute Gasteiger partial charge is 0.161 e. The molecule has 1 fully saturated rings. The van der Waals surface area contributed by atoms with E-state index in [9.17, 15) is 5.11 Å². The fourth-order valence-electron chi connectivity index (χ4n) is 2.87. The summed E-state index contributed by atoms with van der Waals surface area (Å²) in [6.07, 6.45) is 4.79. The zero-order chi connectivity index (χ0) is 15.5. The fourth-order valence-corrected chi connectivity index (χ4v) is 2.87. The Kier molecular flexibility index (Phi) is 4.22. The second-order valence-corrected chi connectivity index (χ2v) is 5.88. The summed E-state index contributed by atoms with van der Waals surface area (Å²) < 4.78 is 11.1. The predicted octanol–water partition coefficient (Wildman–Crippen LogP) is 3.93. The molecule has 1 aliphatic rings. The van der Waals surface area contributed by atoms with Gasteiger partial charge in [0.15, 0.2) is 17.3 Å². The van der Waals surface area contributed by atoms with Crippen molar-refractivity contribution in [3.05, 3.63) is 35.2 Å². The number of aromatic nitrogens is 1. The van der Waals surface area contributed by atoms with Crippen molar-refractivity contribution in [2.45, 2.75) is 52.2 Å². The van der Waals surface area contributed by atoms with Gasteiger partial charge in [0.25, 0.3) is 0 Å². The predicted molar refractivity (Wildman–Crippen MR) is 84.3 cm³/mol. The topological polar surface area (TPSA) is 67.5 Å². The van der Waals surface area contributed by atoms with Crippen LogP contribution in [-0.4, -0.2) is 16.4 Å². The highest BCUT2D eigenvalue weighted by atomic mass is 16.5. The van der Waals surface area contributed by atoms with Gasteiger partial charge in [-0.15, -0.1) is 0 Å². The molecular weight excluding hydrogens is 280 g/mol. The van der Waals surface area contributed by atoms with Gasteiger partial charge >= 0.3 is 0 Å².